The fraction of sp³-hybridized carbons (Fsp3) is 0.500. The largest absolute Gasteiger partial charge is 0.389 e. The van der Waals surface area contributed by atoms with Crippen molar-refractivity contribution in [2.75, 3.05) is 23.3 Å². The predicted molar refractivity (Wildman–Crippen MR) is 102 cm³/mol. The molecule has 0 bridgehead atoms. The van der Waals surface area contributed by atoms with E-state index < -0.39 is 6.10 Å². The standard InChI is InChI=1S/C20H28N4O/c1-5-21-18-11-19(23-20(22-18)13(2)3)24-9-8-16-10-15(14(4)25)6-7-17(16)12-24/h6-7,10-11,13-14,25H,5,8-9,12H2,1-4H3,(H,21,22,23)/t14-/m0/s1. The van der Waals surface area contributed by atoms with Crippen LogP contribution in [-0.4, -0.2) is 28.2 Å². The molecule has 0 saturated carbocycles. The summed E-state index contributed by atoms with van der Waals surface area (Å²) < 4.78 is 0. The second-order valence-electron chi connectivity index (χ2n) is 7.03. The summed E-state index contributed by atoms with van der Waals surface area (Å²) in [7, 11) is 0. The molecule has 0 amide bonds. The zero-order valence-corrected chi connectivity index (χ0v) is 15.6. The Labute approximate surface area is 150 Å². The second kappa shape index (κ2) is 7.40. The van der Waals surface area contributed by atoms with Crippen LogP contribution in [0, 0.1) is 0 Å². The van der Waals surface area contributed by atoms with E-state index in [0.717, 1.165) is 49.1 Å². The molecule has 0 aliphatic carbocycles. The summed E-state index contributed by atoms with van der Waals surface area (Å²) in [5.74, 6) is 3.05. The van der Waals surface area contributed by atoms with Crippen molar-refractivity contribution in [2.45, 2.75) is 52.7 Å². The summed E-state index contributed by atoms with van der Waals surface area (Å²) in [6.07, 6.45) is 0.550. The minimum absolute atomic E-state index is 0.294. The Morgan fingerprint density at radius 3 is 2.64 bits per heavy atom. The first-order chi connectivity index (χ1) is 12.0. The molecule has 2 aromatic rings. The highest BCUT2D eigenvalue weighted by Crippen LogP contribution is 2.27. The van der Waals surface area contributed by atoms with Gasteiger partial charge in [-0.15, -0.1) is 0 Å². The first-order valence-electron chi connectivity index (χ1n) is 9.15. The lowest BCUT2D eigenvalue weighted by Gasteiger charge is -2.31. The topological polar surface area (TPSA) is 61.3 Å². The Kier molecular flexibility index (Phi) is 5.23. The Morgan fingerprint density at radius 2 is 1.96 bits per heavy atom. The predicted octanol–water partition coefficient (Wildman–Crippen LogP) is 3.65. The Bertz CT molecular complexity index is 742. The number of anilines is 2. The number of aliphatic hydroxyl groups excluding tert-OH is 1. The SMILES string of the molecule is CCNc1cc(N2CCc3cc([C@H](C)O)ccc3C2)nc(C(C)C)n1. The van der Waals surface area contributed by atoms with E-state index in [2.05, 4.69) is 48.1 Å². The van der Waals surface area contributed by atoms with E-state index >= 15 is 0 Å². The van der Waals surface area contributed by atoms with Gasteiger partial charge in [-0.05, 0) is 37.0 Å². The summed E-state index contributed by atoms with van der Waals surface area (Å²) in [4.78, 5) is 11.7. The zero-order chi connectivity index (χ0) is 18.0. The van der Waals surface area contributed by atoms with Crippen molar-refractivity contribution in [3.05, 3.63) is 46.8 Å². The molecule has 1 aromatic heterocycles. The molecule has 5 heteroatoms. The van der Waals surface area contributed by atoms with Crippen LogP contribution < -0.4 is 10.2 Å². The van der Waals surface area contributed by atoms with Crippen LogP contribution in [-0.2, 0) is 13.0 Å². The van der Waals surface area contributed by atoms with Crippen molar-refractivity contribution in [3.63, 3.8) is 0 Å². The maximum Gasteiger partial charge on any atom is 0.135 e. The molecule has 0 fully saturated rings. The van der Waals surface area contributed by atoms with Crippen LogP contribution in [0.4, 0.5) is 11.6 Å². The summed E-state index contributed by atoms with van der Waals surface area (Å²) in [6.45, 7) is 10.8. The first-order valence-corrected chi connectivity index (χ1v) is 9.15. The molecule has 2 N–H and O–H groups in total. The first kappa shape index (κ1) is 17.7. The number of hydrogen-bond acceptors (Lipinski definition) is 5. The maximum atomic E-state index is 9.78. The van der Waals surface area contributed by atoms with Crippen molar-refractivity contribution >= 4 is 11.6 Å². The lowest BCUT2D eigenvalue weighted by Crippen LogP contribution is -2.31. The van der Waals surface area contributed by atoms with Crippen molar-refractivity contribution in [1.29, 1.82) is 0 Å². The monoisotopic (exact) mass is 340 g/mol. The number of aliphatic hydroxyl groups is 1. The number of benzene rings is 1. The van der Waals surface area contributed by atoms with Crippen LogP contribution in [0.3, 0.4) is 0 Å². The number of fused-ring (bicyclic) bond motifs is 1. The minimum Gasteiger partial charge on any atom is -0.389 e. The molecule has 0 saturated heterocycles. The average molecular weight is 340 g/mol. The Morgan fingerprint density at radius 1 is 1.16 bits per heavy atom. The highest BCUT2D eigenvalue weighted by Gasteiger charge is 2.20. The second-order valence-corrected chi connectivity index (χ2v) is 7.03. The number of nitrogens with one attached hydrogen (secondary N) is 1. The number of hydrogen-bond donors (Lipinski definition) is 2. The normalized spacial score (nSPS) is 15.2. The van der Waals surface area contributed by atoms with Gasteiger partial charge in [0.1, 0.15) is 17.5 Å². The summed E-state index contributed by atoms with van der Waals surface area (Å²) in [5.41, 5.74) is 3.64. The van der Waals surface area contributed by atoms with Crippen molar-refractivity contribution in [2.24, 2.45) is 0 Å². The van der Waals surface area contributed by atoms with E-state index in [1.807, 2.05) is 19.1 Å². The summed E-state index contributed by atoms with van der Waals surface area (Å²) >= 11 is 0. The third kappa shape index (κ3) is 3.93. The molecule has 1 aliphatic rings. The van der Waals surface area contributed by atoms with Crippen LogP contribution in [0.5, 0.6) is 0 Å². The molecule has 0 unspecified atom stereocenters. The van der Waals surface area contributed by atoms with Crippen LogP contribution >= 0.6 is 0 Å². The molecule has 0 spiro atoms. The Balaban J connectivity index is 1.88. The lowest BCUT2D eigenvalue weighted by molar-refractivity contribution is 0.199. The van der Waals surface area contributed by atoms with Gasteiger partial charge in [-0.25, -0.2) is 9.97 Å². The van der Waals surface area contributed by atoms with Gasteiger partial charge < -0.3 is 15.3 Å². The van der Waals surface area contributed by atoms with E-state index in [9.17, 15) is 5.11 Å². The smallest absolute Gasteiger partial charge is 0.135 e. The minimum atomic E-state index is -0.415. The van der Waals surface area contributed by atoms with Gasteiger partial charge in [0, 0.05) is 31.6 Å². The molecule has 134 valence electrons. The van der Waals surface area contributed by atoms with E-state index in [4.69, 9.17) is 4.98 Å². The molecule has 5 nitrogen and oxygen atoms in total. The van der Waals surface area contributed by atoms with Crippen molar-refractivity contribution in [3.8, 4) is 0 Å². The van der Waals surface area contributed by atoms with E-state index in [0.29, 0.717) is 5.92 Å². The number of nitrogens with zero attached hydrogens (tertiary/aromatic N) is 3. The van der Waals surface area contributed by atoms with Gasteiger partial charge in [0.2, 0.25) is 0 Å². The molecular weight excluding hydrogens is 312 g/mol. The highest BCUT2D eigenvalue weighted by molar-refractivity contribution is 5.52. The van der Waals surface area contributed by atoms with Crippen molar-refractivity contribution in [1.82, 2.24) is 9.97 Å². The van der Waals surface area contributed by atoms with Gasteiger partial charge in [-0.3, -0.25) is 0 Å². The molecule has 1 aromatic carbocycles. The summed E-state index contributed by atoms with van der Waals surface area (Å²) in [5, 5.41) is 13.1. The fourth-order valence-corrected chi connectivity index (χ4v) is 3.17. The van der Waals surface area contributed by atoms with Crippen LogP contribution in [0.15, 0.2) is 24.3 Å². The summed E-state index contributed by atoms with van der Waals surface area (Å²) in [6, 6.07) is 8.35. The fourth-order valence-electron chi connectivity index (χ4n) is 3.17. The van der Waals surface area contributed by atoms with Gasteiger partial charge in [-0.2, -0.15) is 0 Å². The van der Waals surface area contributed by atoms with E-state index in [-0.39, 0.29) is 0 Å². The van der Waals surface area contributed by atoms with Gasteiger partial charge >= 0.3 is 0 Å². The lowest BCUT2D eigenvalue weighted by atomic mass is 9.96. The van der Waals surface area contributed by atoms with E-state index in [1.165, 1.54) is 11.1 Å². The van der Waals surface area contributed by atoms with E-state index in [1.54, 1.807) is 0 Å². The molecule has 0 radical (unpaired) electrons. The zero-order valence-electron chi connectivity index (χ0n) is 15.6. The third-order valence-electron chi connectivity index (χ3n) is 4.65. The van der Waals surface area contributed by atoms with Crippen LogP contribution in [0.2, 0.25) is 0 Å². The molecule has 1 aliphatic heterocycles. The van der Waals surface area contributed by atoms with Gasteiger partial charge in [0.15, 0.2) is 0 Å². The molecule has 1 atom stereocenters. The number of rotatable bonds is 5. The highest BCUT2D eigenvalue weighted by atomic mass is 16.3. The van der Waals surface area contributed by atoms with Gasteiger partial charge in [0.25, 0.3) is 0 Å². The number of aromatic nitrogens is 2. The van der Waals surface area contributed by atoms with Crippen LogP contribution in [0.1, 0.15) is 62.2 Å². The molecular formula is C20H28N4O. The third-order valence-corrected chi connectivity index (χ3v) is 4.65. The Hall–Kier alpha value is -2.14. The molecule has 3 rings (SSSR count). The van der Waals surface area contributed by atoms with Crippen LogP contribution in [0.25, 0.3) is 0 Å². The average Bonchev–Trinajstić information content (AvgIpc) is 2.60. The van der Waals surface area contributed by atoms with Gasteiger partial charge in [0.05, 0.1) is 6.10 Å². The van der Waals surface area contributed by atoms with Crippen molar-refractivity contribution < 1.29 is 5.11 Å². The quantitative estimate of drug-likeness (QED) is 0.870. The molecule has 25 heavy (non-hydrogen) atoms. The van der Waals surface area contributed by atoms with Gasteiger partial charge in [-0.1, -0.05) is 32.0 Å². The maximum absolute atomic E-state index is 9.78. The molecule has 2 heterocycles.